The van der Waals surface area contributed by atoms with Gasteiger partial charge in [-0.05, 0) is 18.9 Å². The van der Waals surface area contributed by atoms with Crippen LogP contribution in [-0.2, 0) is 20.6 Å². The van der Waals surface area contributed by atoms with Crippen molar-refractivity contribution >= 4 is 11.0 Å². The minimum absolute atomic E-state index is 0.123. The quantitative estimate of drug-likeness (QED) is 0.943. The molecule has 0 radical (unpaired) electrons. The SMILES string of the molecule is Cn1c(=O)n(C)c2cc(CNC3CCCCC3)c(F)cc21. The second-order valence-electron chi connectivity index (χ2n) is 6.05. The van der Waals surface area contributed by atoms with Gasteiger partial charge in [0.05, 0.1) is 11.0 Å². The van der Waals surface area contributed by atoms with E-state index in [-0.39, 0.29) is 11.5 Å². The summed E-state index contributed by atoms with van der Waals surface area (Å²) in [7, 11) is 3.39. The van der Waals surface area contributed by atoms with Crippen LogP contribution in [0.2, 0.25) is 0 Å². The van der Waals surface area contributed by atoms with Crippen LogP contribution in [0, 0.1) is 5.82 Å². The van der Waals surface area contributed by atoms with Crippen molar-refractivity contribution in [3.05, 3.63) is 34.0 Å². The van der Waals surface area contributed by atoms with Gasteiger partial charge < -0.3 is 5.32 Å². The second-order valence-corrected chi connectivity index (χ2v) is 6.05. The molecule has 0 spiro atoms. The fourth-order valence-electron chi connectivity index (χ4n) is 3.26. The number of nitrogens with zero attached hydrogens (tertiary/aromatic N) is 2. The van der Waals surface area contributed by atoms with E-state index in [1.807, 2.05) is 0 Å². The number of hydrogen-bond donors (Lipinski definition) is 1. The van der Waals surface area contributed by atoms with Gasteiger partial charge in [0, 0.05) is 38.3 Å². The summed E-state index contributed by atoms with van der Waals surface area (Å²) in [6.45, 7) is 0.523. The maximum Gasteiger partial charge on any atom is 0.328 e. The Kier molecular flexibility index (Phi) is 3.85. The van der Waals surface area contributed by atoms with Crippen LogP contribution in [0.4, 0.5) is 4.39 Å². The standard InChI is InChI=1S/C16H22FN3O/c1-19-14-8-11(10-18-12-6-4-3-5-7-12)13(17)9-15(14)20(2)16(19)21/h8-9,12,18H,3-7,10H2,1-2H3. The van der Waals surface area contributed by atoms with Crippen LogP contribution in [0.15, 0.2) is 16.9 Å². The Bertz CT molecular complexity index is 710. The molecule has 1 aromatic carbocycles. The lowest BCUT2D eigenvalue weighted by Crippen LogP contribution is -2.30. The summed E-state index contributed by atoms with van der Waals surface area (Å²) >= 11 is 0. The summed E-state index contributed by atoms with van der Waals surface area (Å²) in [6.07, 6.45) is 6.17. The first kappa shape index (κ1) is 14.3. The summed E-state index contributed by atoms with van der Waals surface area (Å²) in [5.41, 5.74) is 1.93. The first-order valence-electron chi connectivity index (χ1n) is 7.65. The van der Waals surface area contributed by atoms with Crippen LogP contribution < -0.4 is 11.0 Å². The normalized spacial score (nSPS) is 16.7. The number of hydrogen-bond acceptors (Lipinski definition) is 2. The Morgan fingerprint density at radius 1 is 1.14 bits per heavy atom. The lowest BCUT2D eigenvalue weighted by atomic mass is 9.95. The zero-order valence-corrected chi connectivity index (χ0v) is 12.7. The molecule has 1 saturated carbocycles. The van der Waals surface area contributed by atoms with Gasteiger partial charge in [-0.3, -0.25) is 9.13 Å². The number of halogens is 1. The third kappa shape index (κ3) is 2.62. The molecule has 114 valence electrons. The first-order valence-corrected chi connectivity index (χ1v) is 7.65. The number of rotatable bonds is 3. The maximum atomic E-state index is 14.2. The molecule has 0 unspecified atom stereocenters. The molecule has 0 saturated heterocycles. The maximum absolute atomic E-state index is 14.2. The molecule has 5 heteroatoms. The van der Waals surface area contributed by atoms with Crippen LogP contribution in [0.3, 0.4) is 0 Å². The molecular formula is C16H22FN3O. The summed E-state index contributed by atoms with van der Waals surface area (Å²) in [4.78, 5) is 11.9. The lowest BCUT2D eigenvalue weighted by molar-refractivity contribution is 0.370. The Hall–Kier alpha value is -1.62. The molecule has 0 amide bonds. The Morgan fingerprint density at radius 3 is 2.43 bits per heavy atom. The highest BCUT2D eigenvalue weighted by atomic mass is 19.1. The molecule has 1 fully saturated rings. The van der Waals surface area contributed by atoms with Gasteiger partial charge in [0.25, 0.3) is 0 Å². The van der Waals surface area contributed by atoms with E-state index >= 15 is 0 Å². The summed E-state index contributed by atoms with van der Waals surface area (Å²) in [5, 5.41) is 3.45. The van der Waals surface area contributed by atoms with E-state index in [0.717, 1.165) is 5.52 Å². The van der Waals surface area contributed by atoms with Crippen molar-refractivity contribution in [2.75, 3.05) is 0 Å². The fourth-order valence-corrected chi connectivity index (χ4v) is 3.26. The highest BCUT2D eigenvalue weighted by molar-refractivity contribution is 5.77. The molecule has 1 heterocycles. The minimum atomic E-state index is -0.244. The van der Waals surface area contributed by atoms with Crippen LogP contribution >= 0.6 is 0 Å². The minimum Gasteiger partial charge on any atom is -0.310 e. The molecule has 4 nitrogen and oxygen atoms in total. The Balaban J connectivity index is 1.86. The molecule has 0 aliphatic heterocycles. The third-order valence-corrected chi connectivity index (χ3v) is 4.63. The van der Waals surface area contributed by atoms with Gasteiger partial charge >= 0.3 is 5.69 Å². The summed E-state index contributed by atoms with van der Waals surface area (Å²) < 4.78 is 17.3. The van der Waals surface area contributed by atoms with Crippen LogP contribution in [-0.4, -0.2) is 15.2 Å². The monoisotopic (exact) mass is 291 g/mol. The zero-order valence-electron chi connectivity index (χ0n) is 12.7. The fraction of sp³-hybridized carbons (Fsp3) is 0.562. The van der Waals surface area contributed by atoms with E-state index < -0.39 is 0 Å². The lowest BCUT2D eigenvalue weighted by Gasteiger charge is -2.23. The predicted molar refractivity (Wildman–Crippen MR) is 81.8 cm³/mol. The van der Waals surface area contributed by atoms with E-state index in [2.05, 4.69) is 5.32 Å². The average Bonchev–Trinajstić information content (AvgIpc) is 2.71. The summed E-state index contributed by atoms with van der Waals surface area (Å²) in [6, 6.07) is 3.75. The van der Waals surface area contributed by atoms with Gasteiger partial charge in [-0.1, -0.05) is 19.3 Å². The molecule has 3 rings (SSSR count). The molecule has 0 atom stereocenters. The van der Waals surface area contributed by atoms with Gasteiger partial charge in [0.2, 0.25) is 0 Å². The van der Waals surface area contributed by atoms with Crippen molar-refractivity contribution in [3.8, 4) is 0 Å². The molecule has 1 aromatic heterocycles. The number of imidazole rings is 1. The van der Waals surface area contributed by atoms with Crippen molar-refractivity contribution in [3.63, 3.8) is 0 Å². The van der Waals surface area contributed by atoms with E-state index in [9.17, 15) is 9.18 Å². The summed E-state index contributed by atoms with van der Waals surface area (Å²) in [5.74, 6) is -0.244. The van der Waals surface area contributed by atoms with Gasteiger partial charge in [-0.2, -0.15) is 0 Å². The molecule has 1 aliphatic carbocycles. The topological polar surface area (TPSA) is 39.0 Å². The van der Waals surface area contributed by atoms with Gasteiger partial charge in [0.1, 0.15) is 5.82 Å². The van der Waals surface area contributed by atoms with Crippen LogP contribution in [0.25, 0.3) is 11.0 Å². The van der Waals surface area contributed by atoms with Crippen molar-refractivity contribution in [2.24, 2.45) is 14.1 Å². The smallest absolute Gasteiger partial charge is 0.310 e. The van der Waals surface area contributed by atoms with E-state index in [4.69, 9.17) is 0 Å². The zero-order chi connectivity index (χ0) is 15.0. The molecular weight excluding hydrogens is 269 g/mol. The van der Waals surface area contributed by atoms with Crippen molar-refractivity contribution < 1.29 is 4.39 Å². The Morgan fingerprint density at radius 2 is 1.76 bits per heavy atom. The Labute approximate surface area is 123 Å². The number of nitrogens with one attached hydrogen (secondary N) is 1. The highest BCUT2D eigenvalue weighted by Crippen LogP contribution is 2.20. The molecule has 2 aromatic rings. The van der Waals surface area contributed by atoms with Crippen molar-refractivity contribution in [1.82, 2.24) is 14.5 Å². The van der Waals surface area contributed by atoms with Gasteiger partial charge in [0.15, 0.2) is 0 Å². The van der Waals surface area contributed by atoms with Crippen LogP contribution in [0.1, 0.15) is 37.7 Å². The van der Waals surface area contributed by atoms with Gasteiger partial charge in [-0.25, -0.2) is 9.18 Å². The highest BCUT2D eigenvalue weighted by Gasteiger charge is 2.15. The largest absolute Gasteiger partial charge is 0.328 e. The van der Waals surface area contributed by atoms with Gasteiger partial charge in [-0.15, -0.1) is 0 Å². The second kappa shape index (κ2) is 5.64. The predicted octanol–water partition coefficient (Wildman–Crippen LogP) is 2.44. The van der Waals surface area contributed by atoms with Crippen molar-refractivity contribution in [1.29, 1.82) is 0 Å². The van der Waals surface area contributed by atoms with Crippen LogP contribution in [0.5, 0.6) is 0 Å². The molecule has 0 bridgehead atoms. The number of benzene rings is 1. The molecule has 1 N–H and O–H groups in total. The number of fused-ring (bicyclic) bond motifs is 1. The first-order chi connectivity index (χ1) is 10.1. The van der Waals surface area contributed by atoms with Crippen molar-refractivity contribution in [2.45, 2.75) is 44.7 Å². The molecule has 21 heavy (non-hydrogen) atoms. The number of aryl methyl sites for hydroxylation is 2. The third-order valence-electron chi connectivity index (χ3n) is 4.63. The number of aromatic nitrogens is 2. The van der Waals surface area contributed by atoms with E-state index in [1.165, 1.54) is 42.7 Å². The van der Waals surface area contributed by atoms with E-state index in [0.29, 0.717) is 23.7 Å². The average molecular weight is 291 g/mol. The molecule has 1 aliphatic rings. The van der Waals surface area contributed by atoms with E-state index in [1.54, 1.807) is 24.7 Å².